The summed E-state index contributed by atoms with van der Waals surface area (Å²) in [7, 11) is 0. The van der Waals surface area contributed by atoms with Gasteiger partial charge >= 0.3 is 0 Å². The van der Waals surface area contributed by atoms with Crippen LogP contribution in [0.25, 0.3) is 0 Å². The molecule has 1 heterocycles. The lowest BCUT2D eigenvalue weighted by atomic mass is 10.2. The fourth-order valence-electron chi connectivity index (χ4n) is 1.43. The molecule has 88 valence electrons. The molecule has 0 atom stereocenters. The van der Waals surface area contributed by atoms with Gasteiger partial charge in [-0.1, -0.05) is 44.5 Å². The molecule has 1 aliphatic carbocycles. The van der Waals surface area contributed by atoms with Gasteiger partial charge in [-0.2, -0.15) is 0 Å². The topological polar surface area (TPSA) is 12.5 Å². The van der Waals surface area contributed by atoms with Crippen LogP contribution in [0.1, 0.15) is 13.8 Å². The summed E-state index contributed by atoms with van der Waals surface area (Å²) in [6, 6.07) is 0. The Morgan fingerprint density at radius 3 is 2.65 bits per heavy atom. The van der Waals surface area contributed by atoms with Crippen LogP contribution in [0.2, 0.25) is 0 Å². The van der Waals surface area contributed by atoms with Crippen LogP contribution in [0.4, 0.5) is 0 Å². The lowest BCUT2D eigenvalue weighted by Gasteiger charge is -2.17. The molecule has 0 aromatic heterocycles. The predicted molar refractivity (Wildman–Crippen MR) is 70.8 cm³/mol. The van der Waals surface area contributed by atoms with E-state index >= 15 is 0 Å². The first-order valence-electron chi connectivity index (χ1n) is 5.66. The average molecular weight is 227 g/mol. The normalized spacial score (nSPS) is 16.1. The maximum Gasteiger partial charge on any atom is 0.169 e. The van der Waals surface area contributed by atoms with Gasteiger partial charge in [-0.25, -0.2) is 5.06 Å². The van der Waals surface area contributed by atoms with E-state index in [0.717, 1.165) is 17.0 Å². The summed E-state index contributed by atoms with van der Waals surface area (Å²) in [6.07, 6.45) is 8.96. The number of hydrogen-bond donors (Lipinski definition) is 0. The third-order valence-corrected chi connectivity index (χ3v) is 2.16. The fraction of sp³-hybridized carbons (Fsp3) is 0.200. The van der Waals surface area contributed by atoms with Crippen LogP contribution >= 0.6 is 0 Å². The molecule has 0 aromatic rings. The van der Waals surface area contributed by atoms with Crippen molar-refractivity contribution in [3.05, 3.63) is 72.0 Å². The Balaban J connectivity index is 0.000000686. The van der Waals surface area contributed by atoms with Gasteiger partial charge in [0.25, 0.3) is 0 Å². The van der Waals surface area contributed by atoms with Crippen molar-refractivity contribution in [1.82, 2.24) is 5.06 Å². The number of allylic oxidation sites excluding steroid dienone is 4. The molecule has 17 heavy (non-hydrogen) atoms. The van der Waals surface area contributed by atoms with Crippen LogP contribution in [0, 0.1) is 0 Å². The van der Waals surface area contributed by atoms with E-state index in [4.69, 9.17) is 4.84 Å². The number of hydrogen-bond acceptors (Lipinski definition) is 2. The Morgan fingerprint density at radius 2 is 2.06 bits per heavy atom. The minimum atomic E-state index is 0.701. The molecule has 0 spiro atoms. The Morgan fingerprint density at radius 1 is 1.35 bits per heavy atom. The van der Waals surface area contributed by atoms with Crippen molar-refractivity contribution in [2.45, 2.75) is 13.8 Å². The molecule has 0 radical (unpaired) electrons. The molecule has 2 aliphatic rings. The highest BCUT2D eigenvalue weighted by molar-refractivity contribution is 5.37. The molecule has 1 aliphatic heterocycles. The van der Waals surface area contributed by atoms with E-state index in [-0.39, 0.29) is 0 Å². The molecule has 0 fully saturated rings. The minimum Gasteiger partial charge on any atom is -0.378 e. The predicted octanol–water partition coefficient (Wildman–Crippen LogP) is 3.65. The summed E-state index contributed by atoms with van der Waals surface area (Å²) in [6.45, 7) is 12.1. The quantitative estimate of drug-likeness (QED) is 0.539. The zero-order valence-electron chi connectivity index (χ0n) is 10.4. The van der Waals surface area contributed by atoms with E-state index < -0.39 is 0 Å². The van der Waals surface area contributed by atoms with Crippen molar-refractivity contribution in [2.24, 2.45) is 0 Å². The second-order valence-corrected chi connectivity index (χ2v) is 3.13. The Bertz CT molecular complexity index is 439. The summed E-state index contributed by atoms with van der Waals surface area (Å²) in [5.74, 6) is 0.825. The van der Waals surface area contributed by atoms with Crippen LogP contribution in [0.15, 0.2) is 72.0 Å². The third-order valence-electron chi connectivity index (χ3n) is 2.16. The smallest absolute Gasteiger partial charge is 0.169 e. The van der Waals surface area contributed by atoms with Crippen LogP contribution in [0.5, 0.6) is 0 Å². The molecular formula is C15H17NO. The monoisotopic (exact) mass is 227 g/mol. The highest BCUT2D eigenvalue weighted by Gasteiger charge is 2.22. The van der Waals surface area contributed by atoms with Gasteiger partial charge in [-0.15, -0.1) is 0 Å². The molecule has 0 saturated heterocycles. The summed E-state index contributed by atoms with van der Waals surface area (Å²) in [5.41, 5.74) is 7.76. The molecule has 0 unspecified atom stereocenters. The summed E-state index contributed by atoms with van der Waals surface area (Å²) >= 11 is 0. The molecule has 0 bridgehead atoms. The first kappa shape index (κ1) is 12.9. The van der Waals surface area contributed by atoms with E-state index in [1.165, 1.54) is 0 Å². The second kappa shape index (κ2) is 6.44. The highest BCUT2D eigenvalue weighted by Crippen LogP contribution is 2.25. The van der Waals surface area contributed by atoms with Gasteiger partial charge in [0.2, 0.25) is 0 Å². The molecule has 0 saturated carbocycles. The van der Waals surface area contributed by atoms with Gasteiger partial charge < -0.3 is 4.84 Å². The van der Waals surface area contributed by atoms with Crippen LogP contribution in [0.3, 0.4) is 0 Å². The summed E-state index contributed by atoms with van der Waals surface area (Å²) < 4.78 is 0. The lowest BCUT2D eigenvalue weighted by Crippen LogP contribution is -2.17. The van der Waals surface area contributed by atoms with Crippen LogP contribution in [-0.2, 0) is 4.84 Å². The first-order valence-corrected chi connectivity index (χ1v) is 5.66. The SMILES string of the molecule is C=C/C=C(\C=C)N1CC2=C(C=C=C=C2)O1.CC. The number of rotatable bonds is 3. The fourth-order valence-corrected chi connectivity index (χ4v) is 1.43. The average Bonchev–Trinajstić information content (AvgIpc) is 2.81. The van der Waals surface area contributed by atoms with Crippen molar-refractivity contribution in [1.29, 1.82) is 0 Å². The van der Waals surface area contributed by atoms with Gasteiger partial charge in [-0.3, -0.25) is 0 Å². The largest absolute Gasteiger partial charge is 0.378 e. The zero-order chi connectivity index (χ0) is 12.7. The lowest BCUT2D eigenvalue weighted by molar-refractivity contribution is -0.0484. The van der Waals surface area contributed by atoms with Gasteiger partial charge in [0, 0.05) is 11.6 Å². The van der Waals surface area contributed by atoms with E-state index in [0.29, 0.717) is 6.54 Å². The number of nitrogens with zero attached hydrogens (tertiary/aromatic N) is 1. The molecule has 2 rings (SSSR count). The van der Waals surface area contributed by atoms with E-state index in [2.05, 4.69) is 24.6 Å². The summed E-state index contributed by atoms with van der Waals surface area (Å²) in [5, 5.41) is 1.76. The maximum absolute atomic E-state index is 5.61. The first-order chi connectivity index (χ1) is 8.35. The van der Waals surface area contributed by atoms with Crippen LogP contribution < -0.4 is 0 Å². The van der Waals surface area contributed by atoms with Crippen molar-refractivity contribution in [2.75, 3.05) is 6.54 Å². The van der Waals surface area contributed by atoms with Crippen molar-refractivity contribution >= 4 is 0 Å². The van der Waals surface area contributed by atoms with Crippen molar-refractivity contribution in [3.63, 3.8) is 0 Å². The standard InChI is InChI=1S/C13H11NO.C2H6/c1-3-7-12(4-2)14-10-11-8-5-6-9-13(11)15-14;1-2/h3-4,7-9H,1-2,10H2;1-2H3/b12-7+;. The third kappa shape index (κ3) is 2.92. The molecule has 0 aromatic carbocycles. The highest BCUT2D eigenvalue weighted by atomic mass is 16.7. The van der Waals surface area contributed by atoms with Crippen molar-refractivity contribution in [3.8, 4) is 0 Å². The maximum atomic E-state index is 5.61. The van der Waals surface area contributed by atoms with Gasteiger partial charge in [0.1, 0.15) is 0 Å². The molecule has 2 heteroatoms. The molecule has 0 N–H and O–H groups in total. The van der Waals surface area contributed by atoms with Gasteiger partial charge in [0.05, 0.1) is 12.2 Å². The van der Waals surface area contributed by atoms with Gasteiger partial charge in [-0.05, 0) is 18.2 Å². The molecular weight excluding hydrogens is 210 g/mol. The number of hydroxylamine groups is 2. The van der Waals surface area contributed by atoms with Crippen LogP contribution in [-0.4, -0.2) is 11.6 Å². The zero-order valence-corrected chi connectivity index (χ0v) is 10.4. The van der Waals surface area contributed by atoms with Crippen molar-refractivity contribution < 1.29 is 4.84 Å². The minimum absolute atomic E-state index is 0.701. The van der Waals surface area contributed by atoms with E-state index in [1.807, 2.05) is 26.0 Å². The summed E-state index contributed by atoms with van der Waals surface area (Å²) in [4.78, 5) is 5.61. The molecule has 0 amide bonds. The van der Waals surface area contributed by atoms with Gasteiger partial charge in [0.15, 0.2) is 5.76 Å². The Labute approximate surface area is 103 Å². The molecule has 2 nitrogen and oxygen atoms in total. The van der Waals surface area contributed by atoms with E-state index in [9.17, 15) is 0 Å². The van der Waals surface area contributed by atoms with E-state index in [1.54, 1.807) is 23.3 Å². The Hall–Kier alpha value is -2.14. The second-order valence-electron chi connectivity index (χ2n) is 3.13. The Kier molecular flexibility index (Phi) is 4.90.